The van der Waals surface area contributed by atoms with E-state index in [9.17, 15) is 0 Å². The summed E-state index contributed by atoms with van der Waals surface area (Å²) in [6.45, 7) is 22.9. The summed E-state index contributed by atoms with van der Waals surface area (Å²) in [6.07, 6.45) is 0. The molecule has 0 heterocycles. The summed E-state index contributed by atoms with van der Waals surface area (Å²) in [4.78, 5) is 0. The first-order valence-corrected chi connectivity index (χ1v) is 26.0. The minimum atomic E-state index is -1.21. The van der Waals surface area contributed by atoms with Crippen LogP contribution in [0.1, 0.15) is 56.2 Å². The summed E-state index contributed by atoms with van der Waals surface area (Å²) in [5.41, 5.74) is 9.70. The van der Waals surface area contributed by atoms with Crippen LogP contribution in [0.3, 0.4) is 0 Å². The van der Waals surface area contributed by atoms with Gasteiger partial charge in [-0.05, 0) is 28.5 Å². The van der Waals surface area contributed by atoms with Gasteiger partial charge in [0.2, 0.25) is 0 Å². The van der Waals surface area contributed by atoms with Crippen molar-refractivity contribution in [2.24, 2.45) is 0 Å². The van der Waals surface area contributed by atoms with Gasteiger partial charge in [-0.25, -0.2) is 0 Å². The molecule has 6 rings (SSSR count). The van der Waals surface area contributed by atoms with Crippen molar-refractivity contribution in [3.8, 4) is 22.3 Å². The minimum absolute atomic E-state index is 0. The van der Waals surface area contributed by atoms with Crippen molar-refractivity contribution in [2.75, 3.05) is 0 Å². The average molecular weight is 773 g/mol. The number of halogens is 2. The molecule has 0 aromatic heterocycles. The molecular formula is C42H50Cl2Si2Zr-2. The molecule has 0 saturated carbocycles. The van der Waals surface area contributed by atoms with E-state index in [1.54, 1.807) is 23.3 Å². The van der Waals surface area contributed by atoms with Crippen molar-refractivity contribution in [3.05, 3.63) is 126 Å². The molecule has 0 N–H and O–H groups in total. The van der Waals surface area contributed by atoms with Crippen LogP contribution in [0.25, 0.3) is 43.8 Å². The van der Waals surface area contributed by atoms with Crippen molar-refractivity contribution < 1.29 is 48.1 Å². The van der Waals surface area contributed by atoms with E-state index in [0.29, 0.717) is 11.8 Å². The quantitative estimate of drug-likeness (QED) is 0.142. The molecule has 0 nitrogen and oxygen atoms in total. The fraction of sp³-hybridized carbons (Fsp3) is 0.286. The standard InChI is InChI=1S/C21H23.C19H21Si.C2H6Si.2ClH.Zr/c1-14(2)16-8-10-17(11-9-16)20-7-5-6-18-12-19(15(3)4)13-21(18)20;1-14-12-16-6-5-7-18(19(16)13-14)15-8-10-17(11-9-15)20(2,3)4;1-3-2;;;/h5-15H,1-4H3;5-13H,1-4H3;1-2H3;2*1H;/q2*-1;;;;+2/p-2. The van der Waals surface area contributed by atoms with Crippen molar-refractivity contribution in [1.29, 1.82) is 0 Å². The normalized spacial score (nSPS) is 10.9. The molecule has 47 heavy (non-hydrogen) atoms. The molecule has 0 amide bonds. The van der Waals surface area contributed by atoms with Crippen molar-refractivity contribution in [1.82, 2.24) is 0 Å². The van der Waals surface area contributed by atoms with Gasteiger partial charge in [-0.15, -0.1) is 69.1 Å². The van der Waals surface area contributed by atoms with Crippen LogP contribution in [0.2, 0.25) is 32.7 Å². The van der Waals surface area contributed by atoms with E-state index >= 15 is 0 Å². The number of aryl methyl sites for hydroxylation is 1. The van der Waals surface area contributed by atoms with Crippen LogP contribution in [0.5, 0.6) is 0 Å². The first kappa shape index (κ1) is 41.2. The van der Waals surface area contributed by atoms with E-state index < -0.39 is 8.07 Å². The Hall–Kier alpha value is -2.00. The Balaban J connectivity index is 0.000000283. The zero-order chi connectivity index (χ0) is 32.9. The van der Waals surface area contributed by atoms with Crippen molar-refractivity contribution in [2.45, 2.75) is 79.2 Å². The van der Waals surface area contributed by atoms with E-state index in [1.807, 2.05) is 0 Å². The van der Waals surface area contributed by atoms with Gasteiger partial charge in [0.05, 0.1) is 8.07 Å². The molecule has 6 aromatic carbocycles. The maximum absolute atomic E-state index is 2.39. The summed E-state index contributed by atoms with van der Waals surface area (Å²) < 4.78 is 0. The van der Waals surface area contributed by atoms with E-state index in [0.717, 1.165) is 0 Å². The Bertz CT molecular complexity index is 1870. The second-order valence-electron chi connectivity index (χ2n) is 14.2. The minimum Gasteiger partial charge on any atom is -1.00 e. The van der Waals surface area contributed by atoms with Crippen LogP contribution >= 0.6 is 0 Å². The molecule has 0 unspecified atom stereocenters. The number of rotatable bonds is 5. The molecular weight excluding hydrogens is 723 g/mol. The van der Waals surface area contributed by atoms with Gasteiger partial charge in [-0.2, -0.15) is 12.1 Å². The molecule has 0 aliphatic rings. The largest absolute Gasteiger partial charge is 1.00 e. The number of hydrogen-bond acceptors (Lipinski definition) is 0. The fourth-order valence-electron chi connectivity index (χ4n) is 5.68. The Morgan fingerprint density at radius 3 is 1.51 bits per heavy atom. The van der Waals surface area contributed by atoms with Gasteiger partial charge in [-0.3, -0.25) is 0 Å². The first-order valence-electron chi connectivity index (χ1n) is 16.3. The van der Waals surface area contributed by atoms with Crippen LogP contribution in [0, 0.1) is 6.92 Å². The number of benzene rings is 4. The molecule has 0 aliphatic carbocycles. The molecule has 0 radical (unpaired) electrons. The third-order valence-electron chi connectivity index (χ3n) is 8.29. The Labute approximate surface area is 313 Å². The van der Waals surface area contributed by atoms with E-state index in [-0.39, 0.29) is 30.2 Å². The third kappa shape index (κ3) is 11.0. The third-order valence-corrected chi connectivity index (χ3v) is 10.4. The van der Waals surface area contributed by atoms with Gasteiger partial charge in [-0.1, -0.05) is 131 Å². The van der Waals surface area contributed by atoms with Gasteiger partial charge < -0.3 is 24.8 Å². The summed E-state index contributed by atoms with van der Waals surface area (Å²) in [7, 11) is -1.21. The average Bonchev–Trinajstić information content (AvgIpc) is 3.60. The molecule has 0 saturated heterocycles. The molecule has 5 heteroatoms. The molecule has 0 aliphatic heterocycles. The molecule has 0 atom stereocenters. The van der Waals surface area contributed by atoms with Crippen LogP contribution in [-0.4, -0.2) is 13.5 Å². The molecule has 6 aromatic rings. The topological polar surface area (TPSA) is 0 Å². The number of hydrogen-bond donors (Lipinski definition) is 0. The summed E-state index contributed by atoms with van der Waals surface area (Å²) >= 11 is 1.74. The molecule has 246 valence electrons. The van der Waals surface area contributed by atoms with Gasteiger partial charge in [0.15, 0.2) is 0 Å². The van der Waals surface area contributed by atoms with Crippen LogP contribution < -0.4 is 30.0 Å². The van der Waals surface area contributed by atoms with Crippen molar-refractivity contribution in [3.63, 3.8) is 0 Å². The summed E-state index contributed by atoms with van der Waals surface area (Å²) in [6, 6.07) is 40.6. The van der Waals surface area contributed by atoms with Gasteiger partial charge in [0.1, 0.15) is 0 Å². The second kappa shape index (κ2) is 18.1. The Morgan fingerprint density at radius 2 is 1.06 bits per heavy atom. The van der Waals surface area contributed by atoms with Gasteiger partial charge >= 0.3 is 41.9 Å². The van der Waals surface area contributed by atoms with E-state index in [4.69, 9.17) is 0 Å². The van der Waals surface area contributed by atoms with Gasteiger partial charge in [0.25, 0.3) is 0 Å². The maximum atomic E-state index is 2.39. The van der Waals surface area contributed by atoms with Crippen LogP contribution in [0.4, 0.5) is 0 Å². The molecule has 0 fully saturated rings. The van der Waals surface area contributed by atoms with E-state index in [1.165, 1.54) is 65.7 Å². The van der Waals surface area contributed by atoms with E-state index in [2.05, 4.69) is 177 Å². The predicted octanol–water partition coefficient (Wildman–Crippen LogP) is 6.34. The monoisotopic (exact) mass is 770 g/mol. The van der Waals surface area contributed by atoms with Crippen LogP contribution in [-0.2, 0) is 23.3 Å². The zero-order valence-electron chi connectivity index (χ0n) is 29.8. The van der Waals surface area contributed by atoms with Crippen LogP contribution in [0.15, 0.2) is 109 Å². The summed E-state index contributed by atoms with van der Waals surface area (Å²) in [5.74, 6) is 1.16. The number of fused-ring (bicyclic) bond motifs is 2. The fourth-order valence-corrected chi connectivity index (χ4v) is 6.84. The summed E-state index contributed by atoms with van der Waals surface area (Å²) in [5, 5.41) is 6.95. The molecule has 0 bridgehead atoms. The SMILES string of the molecule is CC(C)c1ccc(-c2cccc3[cH-]c(C(C)C)cc23)cc1.C[Si](C)=[Zr+2].Cc1cc2c(-c3ccc([Si](C)(C)C)cc3)cccc2[cH-]1.[Cl-].[Cl-]. The van der Waals surface area contributed by atoms with Gasteiger partial charge in [0, 0.05) is 0 Å². The zero-order valence-corrected chi connectivity index (χ0v) is 35.8. The second-order valence-corrected chi connectivity index (χ2v) is 28.6. The maximum Gasteiger partial charge on any atom is 0.0775 e. The molecule has 0 spiro atoms. The Kier molecular flexibility index (Phi) is 15.9. The first-order chi connectivity index (χ1) is 21.2. The predicted molar refractivity (Wildman–Crippen MR) is 203 cm³/mol. The smallest absolute Gasteiger partial charge is 0.0775 e. The van der Waals surface area contributed by atoms with Crippen molar-refractivity contribution >= 4 is 40.2 Å². The Morgan fingerprint density at radius 1 is 0.617 bits per heavy atom.